The van der Waals surface area contributed by atoms with Gasteiger partial charge in [-0.1, -0.05) is 6.07 Å². The predicted octanol–water partition coefficient (Wildman–Crippen LogP) is 1.70. The van der Waals surface area contributed by atoms with Crippen molar-refractivity contribution in [3.63, 3.8) is 0 Å². The third-order valence-corrected chi connectivity index (χ3v) is 3.51. The molecule has 1 atom stereocenters. The Morgan fingerprint density at radius 2 is 2.32 bits per heavy atom. The van der Waals surface area contributed by atoms with E-state index in [-0.39, 0.29) is 11.7 Å². The SMILES string of the molecule is COc1cc(CN2CCCC(C(=O)O)C2)ccc1O. The zero-order valence-corrected chi connectivity index (χ0v) is 11.0. The van der Waals surface area contributed by atoms with Crippen LogP contribution in [-0.2, 0) is 11.3 Å². The fourth-order valence-electron chi connectivity index (χ4n) is 2.48. The lowest BCUT2D eigenvalue weighted by Gasteiger charge is -2.30. The van der Waals surface area contributed by atoms with E-state index in [1.54, 1.807) is 12.1 Å². The van der Waals surface area contributed by atoms with Crippen molar-refractivity contribution in [3.8, 4) is 11.5 Å². The fourth-order valence-corrected chi connectivity index (χ4v) is 2.48. The zero-order valence-electron chi connectivity index (χ0n) is 11.0. The van der Waals surface area contributed by atoms with E-state index in [0.29, 0.717) is 18.8 Å². The number of nitrogens with zero attached hydrogens (tertiary/aromatic N) is 1. The molecule has 0 aliphatic carbocycles. The molecule has 0 radical (unpaired) electrons. The van der Waals surface area contributed by atoms with Gasteiger partial charge in [-0.2, -0.15) is 0 Å². The number of likely N-dealkylation sites (tertiary alicyclic amines) is 1. The molecular formula is C14H19NO4. The number of methoxy groups -OCH3 is 1. The van der Waals surface area contributed by atoms with Crippen LogP contribution in [0.1, 0.15) is 18.4 Å². The van der Waals surface area contributed by atoms with Crippen LogP contribution in [0.3, 0.4) is 0 Å². The van der Waals surface area contributed by atoms with Gasteiger partial charge in [0.2, 0.25) is 0 Å². The van der Waals surface area contributed by atoms with Crippen LogP contribution in [0.15, 0.2) is 18.2 Å². The van der Waals surface area contributed by atoms with E-state index in [1.807, 2.05) is 6.07 Å². The largest absolute Gasteiger partial charge is 0.504 e. The molecule has 0 spiro atoms. The van der Waals surface area contributed by atoms with Crippen LogP contribution in [0, 0.1) is 5.92 Å². The van der Waals surface area contributed by atoms with E-state index in [0.717, 1.165) is 24.9 Å². The van der Waals surface area contributed by atoms with E-state index in [2.05, 4.69) is 4.90 Å². The van der Waals surface area contributed by atoms with Gasteiger partial charge in [-0.3, -0.25) is 9.69 Å². The van der Waals surface area contributed by atoms with E-state index < -0.39 is 5.97 Å². The number of carboxylic acids is 1. The summed E-state index contributed by atoms with van der Waals surface area (Å²) in [6.45, 7) is 2.17. The second kappa shape index (κ2) is 5.93. The Kier molecular flexibility index (Phi) is 4.27. The smallest absolute Gasteiger partial charge is 0.307 e. The second-order valence-electron chi connectivity index (χ2n) is 4.92. The first-order valence-electron chi connectivity index (χ1n) is 6.41. The Labute approximate surface area is 112 Å². The van der Waals surface area contributed by atoms with Crippen LogP contribution in [0.5, 0.6) is 11.5 Å². The monoisotopic (exact) mass is 265 g/mol. The van der Waals surface area contributed by atoms with Crippen molar-refractivity contribution >= 4 is 5.97 Å². The summed E-state index contributed by atoms with van der Waals surface area (Å²) < 4.78 is 5.07. The van der Waals surface area contributed by atoms with Crippen LogP contribution < -0.4 is 4.74 Å². The quantitative estimate of drug-likeness (QED) is 0.867. The minimum absolute atomic E-state index is 0.119. The van der Waals surface area contributed by atoms with E-state index in [1.165, 1.54) is 7.11 Å². The second-order valence-corrected chi connectivity index (χ2v) is 4.92. The maximum absolute atomic E-state index is 11.0. The molecule has 1 aliphatic rings. The summed E-state index contributed by atoms with van der Waals surface area (Å²) in [7, 11) is 1.51. The van der Waals surface area contributed by atoms with Gasteiger partial charge >= 0.3 is 5.97 Å². The molecule has 1 saturated heterocycles. The number of carboxylic acid groups (broad SMARTS) is 1. The molecule has 0 aromatic heterocycles. The van der Waals surface area contributed by atoms with Gasteiger partial charge in [-0.15, -0.1) is 0 Å². The number of aliphatic carboxylic acids is 1. The highest BCUT2D eigenvalue weighted by Gasteiger charge is 2.25. The molecule has 0 bridgehead atoms. The molecule has 1 heterocycles. The molecule has 104 valence electrons. The van der Waals surface area contributed by atoms with Crippen molar-refractivity contribution < 1.29 is 19.7 Å². The summed E-state index contributed by atoms with van der Waals surface area (Å²) in [6.07, 6.45) is 1.66. The summed E-state index contributed by atoms with van der Waals surface area (Å²) in [5, 5.41) is 18.6. The molecular weight excluding hydrogens is 246 g/mol. The lowest BCUT2D eigenvalue weighted by atomic mass is 9.98. The van der Waals surface area contributed by atoms with Gasteiger partial charge in [0.1, 0.15) is 0 Å². The molecule has 1 aliphatic heterocycles. The van der Waals surface area contributed by atoms with Crippen LogP contribution in [0.4, 0.5) is 0 Å². The van der Waals surface area contributed by atoms with E-state index in [4.69, 9.17) is 9.84 Å². The van der Waals surface area contributed by atoms with Gasteiger partial charge in [0.15, 0.2) is 11.5 Å². The zero-order chi connectivity index (χ0) is 13.8. The van der Waals surface area contributed by atoms with Crippen LogP contribution in [0.2, 0.25) is 0 Å². The maximum atomic E-state index is 11.0. The normalized spacial score (nSPS) is 20.2. The first kappa shape index (κ1) is 13.7. The molecule has 0 saturated carbocycles. The number of phenols is 1. The Hall–Kier alpha value is -1.75. The number of hydrogen-bond acceptors (Lipinski definition) is 4. The maximum Gasteiger partial charge on any atom is 0.307 e. The molecule has 1 aromatic rings. The molecule has 19 heavy (non-hydrogen) atoms. The van der Waals surface area contributed by atoms with Gasteiger partial charge in [-0.05, 0) is 37.1 Å². The van der Waals surface area contributed by atoms with Crippen molar-refractivity contribution in [1.82, 2.24) is 4.90 Å². The van der Waals surface area contributed by atoms with Gasteiger partial charge in [0.05, 0.1) is 13.0 Å². The highest BCUT2D eigenvalue weighted by molar-refractivity contribution is 5.70. The van der Waals surface area contributed by atoms with Crippen molar-refractivity contribution in [3.05, 3.63) is 23.8 Å². The minimum Gasteiger partial charge on any atom is -0.504 e. The Bertz CT molecular complexity index is 461. The topological polar surface area (TPSA) is 70.0 Å². The standard InChI is InChI=1S/C14H19NO4/c1-19-13-7-10(4-5-12(13)16)8-15-6-2-3-11(9-15)14(17)18/h4-5,7,11,16H,2-3,6,8-9H2,1H3,(H,17,18). The molecule has 5 heteroatoms. The third kappa shape index (κ3) is 3.38. The summed E-state index contributed by atoms with van der Waals surface area (Å²) in [5.74, 6) is -0.418. The number of piperidine rings is 1. The van der Waals surface area contributed by atoms with Gasteiger partial charge in [0, 0.05) is 13.1 Å². The fraction of sp³-hybridized carbons (Fsp3) is 0.500. The summed E-state index contributed by atoms with van der Waals surface area (Å²) >= 11 is 0. The van der Waals surface area contributed by atoms with E-state index >= 15 is 0 Å². The average Bonchev–Trinajstić information content (AvgIpc) is 2.41. The third-order valence-electron chi connectivity index (χ3n) is 3.51. The van der Waals surface area contributed by atoms with Crippen LogP contribution in [-0.4, -0.2) is 41.3 Å². The van der Waals surface area contributed by atoms with Crippen molar-refractivity contribution in [2.45, 2.75) is 19.4 Å². The molecule has 2 N–H and O–H groups in total. The first-order chi connectivity index (χ1) is 9.10. The summed E-state index contributed by atoms with van der Waals surface area (Å²) in [6, 6.07) is 5.23. The van der Waals surface area contributed by atoms with Crippen molar-refractivity contribution in [2.24, 2.45) is 5.92 Å². The van der Waals surface area contributed by atoms with Gasteiger partial charge in [0.25, 0.3) is 0 Å². The number of carbonyl (C=O) groups is 1. The van der Waals surface area contributed by atoms with Gasteiger partial charge < -0.3 is 14.9 Å². The molecule has 1 aromatic carbocycles. The number of phenolic OH excluding ortho intramolecular Hbond substituents is 1. The molecule has 0 amide bonds. The molecule has 2 rings (SSSR count). The lowest BCUT2D eigenvalue weighted by Crippen LogP contribution is -2.38. The Morgan fingerprint density at radius 3 is 3.00 bits per heavy atom. The number of aromatic hydroxyl groups is 1. The van der Waals surface area contributed by atoms with Crippen molar-refractivity contribution in [2.75, 3.05) is 20.2 Å². The predicted molar refractivity (Wildman–Crippen MR) is 70.3 cm³/mol. The average molecular weight is 265 g/mol. The number of benzene rings is 1. The molecule has 1 unspecified atom stereocenters. The molecule has 5 nitrogen and oxygen atoms in total. The summed E-state index contributed by atoms with van der Waals surface area (Å²) in [5.41, 5.74) is 1.01. The Morgan fingerprint density at radius 1 is 1.53 bits per heavy atom. The van der Waals surface area contributed by atoms with E-state index in [9.17, 15) is 9.90 Å². The summed E-state index contributed by atoms with van der Waals surface area (Å²) in [4.78, 5) is 13.2. The van der Waals surface area contributed by atoms with Crippen LogP contribution in [0.25, 0.3) is 0 Å². The molecule has 1 fully saturated rings. The van der Waals surface area contributed by atoms with Crippen molar-refractivity contribution in [1.29, 1.82) is 0 Å². The lowest BCUT2D eigenvalue weighted by molar-refractivity contribution is -0.143. The van der Waals surface area contributed by atoms with Crippen LogP contribution >= 0.6 is 0 Å². The number of ether oxygens (including phenoxy) is 1. The highest BCUT2D eigenvalue weighted by atomic mass is 16.5. The first-order valence-corrected chi connectivity index (χ1v) is 6.41. The number of rotatable bonds is 4. The Balaban J connectivity index is 2.02. The van der Waals surface area contributed by atoms with Gasteiger partial charge in [-0.25, -0.2) is 0 Å². The minimum atomic E-state index is -0.715. The highest BCUT2D eigenvalue weighted by Crippen LogP contribution is 2.27. The number of hydrogen-bond donors (Lipinski definition) is 2.